The zero-order chi connectivity index (χ0) is 14.4. The monoisotopic (exact) mass is 284 g/mol. The second-order valence-electron chi connectivity index (χ2n) is 3.72. The van der Waals surface area contributed by atoms with Crippen LogP contribution in [0.15, 0.2) is 12.1 Å². The zero-order valence-electron chi connectivity index (χ0n) is 10.8. The van der Waals surface area contributed by atoms with Crippen molar-refractivity contribution >= 4 is 29.1 Å². The van der Waals surface area contributed by atoms with Gasteiger partial charge < -0.3 is 15.3 Å². The first-order valence-electron chi connectivity index (χ1n) is 5.88. The number of likely N-dealkylation sites (N-methyl/N-ethyl adjacent to an activating group) is 1. The van der Waals surface area contributed by atoms with E-state index >= 15 is 0 Å². The molecule has 0 bridgehead atoms. The lowest BCUT2D eigenvalue weighted by Crippen LogP contribution is -2.39. The van der Waals surface area contributed by atoms with E-state index in [0.29, 0.717) is 13.1 Å². The molecule has 1 aromatic heterocycles. The van der Waals surface area contributed by atoms with E-state index in [1.54, 1.807) is 4.90 Å². The molecular weight excluding hydrogens is 268 g/mol. The maximum Gasteiger partial charge on any atom is 0.345 e. The van der Waals surface area contributed by atoms with E-state index in [9.17, 15) is 14.4 Å². The van der Waals surface area contributed by atoms with Crippen LogP contribution in [0.5, 0.6) is 0 Å². The Balaban J connectivity index is 2.55. The molecule has 0 aliphatic carbocycles. The average molecular weight is 284 g/mol. The van der Waals surface area contributed by atoms with E-state index in [1.165, 1.54) is 12.1 Å². The molecule has 1 aromatic rings. The normalized spacial score (nSPS) is 10.0. The largest absolute Gasteiger partial charge is 0.477 e. The van der Waals surface area contributed by atoms with Crippen LogP contribution in [-0.2, 0) is 4.79 Å². The highest BCUT2D eigenvalue weighted by Gasteiger charge is 2.15. The van der Waals surface area contributed by atoms with E-state index in [1.807, 2.05) is 13.8 Å². The van der Waals surface area contributed by atoms with Crippen LogP contribution in [0.2, 0.25) is 0 Å². The Morgan fingerprint density at radius 2 is 1.79 bits per heavy atom. The molecule has 0 saturated carbocycles. The summed E-state index contributed by atoms with van der Waals surface area (Å²) in [6, 6.07) is 2.81. The number of carbonyl (C=O) groups excluding carboxylic acids is 2. The highest BCUT2D eigenvalue weighted by molar-refractivity contribution is 7.15. The van der Waals surface area contributed by atoms with Crippen LogP contribution in [0.25, 0.3) is 0 Å². The summed E-state index contributed by atoms with van der Waals surface area (Å²) < 4.78 is 0. The summed E-state index contributed by atoms with van der Waals surface area (Å²) in [5, 5.41) is 11.2. The predicted molar refractivity (Wildman–Crippen MR) is 71.5 cm³/mol. The van der Waals surface area contributed by atoms with Crippen LogP contribution in [0.4, 0.5) is 0 Å². The fraction of sp³-hybridized carbons (Fsp3) is 0.417. The summed E-state index contributed by atoms with van der Waals surface area (Å²) in [5.74, 6) is -1.66. The van der Waals surface area contributed by atoms with Gasteiger partial charge in [-0.05, 0) is 26.0 Å². The van der Waals surface area contributed by atoms with Crippen LogP contribution >= 0.6 is 11.3 Å². The fourth-order valence-corrected chi connectivity index (χ4v) is 2.27. The van der Waals surface area contributed by atoms with Crippen molar-refractivity contribution in [1.82, 2.24) is 10.2 Å². The summed E-state index contributed by atoms with van der Waals surface area (Å²) in [6.45, 7) is 4.82. The quantitative estimate of drug-likeness (QED) is 0.817. The molecule has 19 heavy (non-hydrogen) atoms. The Morgan fingerprint density at radius 3 is 2.26 bits per heavy atom. The highest BCUT2D eigenvalue weighted by Crippen LogP contribution is 2.15. The smallest absolute Gasteiger partial charge is 0.345 e. The van der Waals surface area contributed by atoms with Crippen LogP contribution in [0, 0.1) is 0 Å². The first kappa shape index (κ1) is 15.2. The average Bonchev–Trinajstić information content (AvgIpc) is 2.87. The summed E-state index contributed by atoms with van der Waals surface area (Å²) in [7, 11) is 0. The van der Waals surface area contributed by atoms with E-state index in [-0.39, 0.29) is 22.2 Å². The summed E-state index contributed by atoms with van der Waals surface area (Å²) in [5.41, 5.74) is 0. The van der Waals surface area contributed by atoms with Gasteiger partial charge in [-0.3, -0.25) is 9.59 Å². The molecule has 1 rings (SSSR count). The van der Waals surface area contributed by atoms with Gasteiger partial charge in [-0.25, -0.2) is 4.79 Å². The lowest BCUT2D eigenvalue weighted by Gasteiger charge is -2.18. The first-order valence-corrected chi connectivity index (χ1v) is 6.70. The number of carbonyl (C=O) groups is 3. The van der Waals surface area contributed by atoms with Crippen molar-refractivity contribution in [2.45, 2.75) is 13.8 Å². The van der Waals surface area contributed by atoms with Gasteiger partial charge >= 0.3 is 5.97 Å². The molecule has 0 aliphatic rings. The van der Waals surface area contributed by atoms with Crippen LogP contribution in [0.3, 0.4) is 0 Å². The van der Waals surface area contributed by atoms with Crippen molar-refractivity contribution in [3.8, 4) is 0 Å². The maximum atomic E-state index is 11.7. The minimum atomic E-state index is -1.07. The van der Waals surface area contributed by atoms with Crippen molar-refractivity contribution in [1.29, 1.82) is 0 Å². The van der Waals surface area contributed by atoms with Gasteiger partial charge in [0.05, 0.1) is 11.4 Å². The number of aromatic carboxylic acids is 1. The Hall–Kier alpha value is -1.89. The van der Waals surface area contributed by atoms with Crippen molar-refractivity contribution in [3.63, 3.8) is 0 Å². The van der Waals surface area contributed by atoms with E-state index in [4.69, 9.17) is 5.11 Å². The van der Waals surface area contributed by atoms with Crippen LogP contribution in [-0.4, -0.2) is 47.4 Å². The van der Waals surface area contributed by atoms with Gasteiger partial charge in [0.15, 0.2) is 0 Å². The number of hydrogen-bond donors (Lipinski definition) is 2. The highest BCUT2D eigenvalue weighted by atomic mass is 32.1. The molecule has 2 N–H and O–H groups in total. The molecule has 7 heteroatoms. The number of hydrogen-bond acceptors (Lipinski definition) is 4. The number of carboxylic acids is 1. The molecule has 0 aromatic carbocycles. The Labute approximate surface area is 115 Å². The number of amides is 2. The summed E-state index contributed by atoms with van der Waals surface area (Å²) in [6.07, 6.45) is 0. The van der Waals surface area contributed by atoms with Gasteiger partial charge in [-0.1, -0.05) is 0 Å². The molecule has 0 aliphatic heterocycles. The van der Waals surface area contributed by atoms with E-state index in [0.717, 1.165) is 11.3 Å². The molecule has 104 valence electrons. The fourth-order valence-electron chi connectivity index (χ4n) is 1.51. The molecule has 0 radical (unpaired) electrons. The minimum absolute atomic E-state index is 0.0825. The molecule has 6 nitrogen and oxygen atoms in total. The number of nitrogens with one attached hydrogen (secondary N) is 1. The van der Waals surface area contributed by atoms with E-state index in [2.05, 4.69) is 5.32 Å². The molecule has 1 heterocycles. The number of thiophene rings is 1. The first-order chi connectivity index (χ1) is 8.99. The van der Waals surface area contributed by atoms with Gasteiger partial charge in [-0.15, -0.1) is 11.3 Å². The molecule has 0 saturated heterocycles. The van der Waals surface area contributed by atoms with Crippen molar-refractivity contribution in [2.75, 3.05) is 19.6 Å². The molecule has 0 spiro atoms. The molecule has 0 atom stereocenters. The number of carboxylic acid groups (broad SMARTS) is 1. The van der Waals surface area contributed by atoms with Crippen LogP contribution in [0.1, 0.15) is 33.2 Å². The SMILES string of the molecule is CCN(CC)C(=O)CNC(=O)c1ccc(C(=O)O)s1. The maximum absolute atomic E-state index is 11.7. The van der Waals surface area contributed by atoms with Gasteiger partial charge in [0.1, 0.15) is 4.88 Å². The molecular formula is C12H16N2O4S. The zero-order valence-corrected chi connectivity index (χ0v) is 11.6. The van der Waals surface area contributed by atoms with Gasteiger partial charge in [0.2, 0.25) is 5.91 Å². The Bertz CT molecular complexity index is 480. The Morgan fingerprint density at radius 1 is 1.21 bits per heavy atom. The standard InChI is InChI=1S/C12H16N2O4S/c1-3-14(4-2)10(15)7-13-11(16)8-5-6-9(19-8)12(17)18/h5-6H,3-4,7H2,1-2H3,(H,13,16)(H,17,18). The predicted octanol–water partition coefficient (Wildman–Crippen LogP) is 1.04. The summed E-state index contributed by atoms with van der Waals surface area (Å²) in [4.78, 5) is 36.1. The van der Waals surface area contributed by atoms with Crippen LogP contribution < -0.4 is 5.32 Å². The third-order valence-corrected chi connectivity index (χ3v) is 3.63. The summed E-state index contributed by atoms with van der Waals surface area (Å²) >= 11 is 0.884. The Kier molecular flexibility index (Phi) is 5.50. The lowest BCUT2D eigenvalue weighted by atomic mass is 10.4. The number of nitrogens with zero attached hydrogens (tertiary/aromatic N) is 1. The minimum Gasteiger partial charge on any atom is -0.477 e. The van der Waals surface area contributed by atoms with Gasteiger partial charge in [0.25, 0.3) is 5.91 Å². The topological polar surface area (TPSA) is 86.7 Å². The third-order valence-electron chi connectivity index (χ3n) is 2.56. The lowest BCUT2D eigenvalue weighted by molar-refractivity contribution is -0.129. The molecule has 0 fully saturated rings. The molecule has 0 unspecified atom stereocenters. The second-order valence-corrected chi connectivity index (χ2v) is 4.80. The van der Waals surface area contributed by atoms with Crippen molar-refractivity contribution < 1.29 is 19.5 Å². The van der Waals surface area contributed by atoms with Gasteiger partial charge in [0, 0.05) is 13.1 Å². The van der Waals surface area contributed by atoms with Crippen molar-refractivity contribution in [2.24, 2.45) is 0 Å². The van der Waals surface area contributed by atoms with Crippen molar-refractivity contribution in [3.05, 3.63) is 21.9 Å². The third kappa shape index (κ3) is 4.06. The van der Waals surface area contributed by atoms with Gasteiger partial charge in [-0.2, -0.15) is 0 Å². The molecule has 2 amide bonds. The van der Waals surface area contributed by atoms with E-state index < -0.39 is 11.9 Å². The second kappa shape index (κ2) is 6.89. The number of rotatable bonds is 6.